The van der Waals surface area contributed by atoms with E-state index in [0.717, 1.165) is 31.6 Å². The lowest BCUT2D eigenvalue weighted by Gasteiger charge is -2.30. The Morgan fingerprint density at radius 3 is 2.72 bits per heavy atom. The molecule has 136 valence electrons. The molecule has 6 nitrogen and oxygen atoms in total. The maximum absolute atomic E-state index is 12.2. The molecule has 0 bridgehead atoms. The normalized spacial score (nSPS) is 19.2. The number of halogens is 2. The predicted molar refractivity (Wildman–Crippen MR) is 100 cm³/mol. The van der Waals surface area contributed by atoms with Gasteiger partial charge in [0.05, 0.1) is 28.4 Å². The van der Waals surface area contributed by atoms with Crippen LogP contribution in [0, 0.1) is 0 Å². The van der Waals surface area contributed by atoms with Crippen molar-refractivity contribution in [3.63, 3.8) is 0 Å². The molecule has 1 amide bonds. The lowest BCUT2D eigenvalue weighted by atomic mass is 10.1. The lowest BCUT2D eigenvalue weighted by Crippen LogP contribution is -2.44. The van der Waals surface area contributed by atoms with E-state index in [1.54, 1.807) is 19.2 Å². The fourth-order valence-corrected chi connectivity index (χ4v) is 3.38. The summed E-state index contributed by atoms with van der Waals surface area (Å²) >= 11 is 12.0. The van der Waals surface area contributed by atoms with Gasteiger partial charge in [0, 0.05) is 33.2 Å². The average Bonchev–Trinajstić information content (AvgIpc) is 3.06. The van der Waals surface area contributed by atoms with Crippen LogP contribution >= 0.6 is 23.2 Å². The van der Waals surface area contributed by atoms with Gasteiger partial charge >= 0.3 is 0 Å². The van der Waals surface area contributed by atoms with Gasteiger partial charge in [-0.1, -0.05) is 23.2 Å². The SMILES string of the molecule is COC1CCN(CC(=O)NC2=NN(c3ccc(Cl)c(Cl)c3)CC2)CC1. The molecular weight excluding hydrogens is 363 g/mol. The van der Waals surface area contributed by atoms with E-state index < -0.39 is 0 Å². The predicted octanol–water partition coefficient (Wildman–Crippen LogP) is 2.74. The highest BCUT2D eigenvalue weighted by molar-refractivity contribution is 6.42. The third kappa shape index (κ3) is 4.85. The van der Waals surface area contributed by atoms with Gasteiger partial charge in [0.2, 0.25) is 5.91 Å². The average molecular weight is 385 g/mol. The minimum atomic E-state index is -0.0226. The molecule has 2 aliphatic heterocycles. The van der Waals surface area contributed by atoms with E-state index in [1.165, 1.54) is 0 Å². The van der Waals surface area contributed by atoms with Crippen LogP contribution in [-0.4, -0.2) is 56.0 Å². The molecule has 0 unspecified atom stereocenters. The Morgan fingerprint density at radius 1 is 1.28 bits per heavy atom. The van der Waals surface area contributed by atoms with Gasteiger partial charge in [-0.2, -0.15) is 5.10 Å². The Bertz CT molecular complexity index is 660. The zero-order chi connectivity index (χ0) is 17.8. The molecule has 0 spiro atoms. The van der Waals surface area contributed by atoms with Gasteiger partial charge in [0.1, 0.15) is 5.84 Å². The highest BCUT2D eigenvalue weighted by Gasteiger charge is 2.22. The lowest BCUT2D eigenvalue weighted by molar-refractivity contribution is -0.121. The molecule has 1 saturated heterocycles. The number of rotatable bonds is 4. The first kappa shape index (κ1) is 18.5. The van der Waals surface area contributed by atoms with Gasteiger partial charge < -0.3 is 10.1 Å². The minimum absolute atomic E-state index is 0.0226. The summed E-state index contributed by atoms with van der Waals surface area (Å²) in [6.45, 7) is 2.86. The molecule has 2 heterocycles. The number of hydrazone groups is 1. The summed E-state index contributed by atoms with van der Waals surface area (Å²) in [6.07, 6.45) is 2.95. The van der Waals surface area contributed by atoms with Crippen molar-refractivity contribution in [1.29, 1.82) is 0 Å². The molecule has 3 rings (SSSR count). The van der Waals surface area contributed by atoms with Crippen molar-refractivity contribution >= 4 is 40.6 Å². The second-order valence-electron chi connectivity index (χ2n) is 6.28. The number of hydrogen-bond acceptors (Lipinski definition) is 5. The van der Waals surface area contributed by atoms with Crippen LogP contribution in [0.2, 0.25) is 10.0 Å². The van der Waals surface area contributed by atoms with Gasteiger partial charge in [0.25, 0.3) is 0 Å². The summed E-state index contributed by atoms with van der Waals surface area (Å²) in [7, 11) is 1.74. The van der Waals surface area contributed by atoms with E-state index >= 15 is 0 Å². The van der Waals surface area contributed by atoms with E-state index in [0.29, 0.717) is 41.5 Å². The van der Waals surface area contributed by atoms with Crippen LogP contribution in [0.1, 0.15) is 19.3 Å². The van der Waals surface area contributed by atoms with Crippen molar-refractivity contribution in [3.05, 3.63) is 28.2 Å². The van der Waals surface area contributed by atoms with Crippen LogP contribution in [0.5, 0.6) is 0 Å². The molecule has 2 aliphatic rings. The molecule has 0 aromatic heterocycles. The van der Waals surface area contributed by atoms with Crippen molar-refractivity contribution in [2.45, 2.75) is 25.4 Å². The fraction of sp³-hybridized carbons (Fsp3) is 0.529. The number of carbonyl (C=O) groups excluding carboxylic acids is 1. The number of benzene rings is 1. The van der Waals surface area contributed by atoms with Gasteiger partial charge in [-0.3, -0.25) is 14.7 Å². The molecule has 0 saturated carbocycles. The molecule has 1 N–H and O–H groups in total. The van der Waals surface area contributed by atoms with Crippen molar-refractivity contribution in [3.8, 4) is 0 Å². The quantitative estimate of drug-likeness (QED) is 0.866. The fourth-order valence-electron chi connectivity index (χ4n) is 3.08. The summed E-state index contributed by atoms with van der Waals surface area (Å²) in [6, 6.07) is 5.38. The van der Waals surface area contributed by atoms with E-state index in [1.807, 2.05) is 11.1 Å². The first-order valence-electron chi connectivity index (χ1n) is 8.40. The number of nitrogens with zero attached hydrogens (tertiary/aromatic N) is 3. The second kappa shape index (κ2) is 8.36. The van der Waals surface area contributed by atoms with Gasteiger partial charge in [-0.25, -0.2) is 0 Å². The molecule has 1 aromatic rings. The Kier molecular flexibility index (Phi) is 6.17. The smallest absolute Gasteiger partial charge is 0.239 e. The first-order valence-corrected chi connectivity index (χ1v) is 9.16. The number of methoxy groups -OCH3 is 1. The second-order valence-corrected chi connectivity index (χ2v) is 7.09. The first-order chi connectivity index (χ1) is 12.0. The Hall–Kier alpha value is -1.34. The third-order valence-electron chi connectivity index (χ3n) is 4.52. The molecule has 1 fully saturated rings. The summed E-state index contributed by atoms with van der Waals surface area (Å²) in [4.78, 5) is 14.4. The summed E-state index contributed by atoms with van der Waals surface area (Å²) in [5, 5.41) is 10.2. The molecule has 1 aromatic carbocycles. The van der Waals surface area contributed by atoms with Crippen molar-refractivity contribution < 1.29 is 9.53 Å². The number of likely N-dealkylation sites (tertiary alicyclic amines) is 1. The molecular formula is C17H22Cl2N4O2. The molecule has 0 radical (unpaired) electrons. The van der Waals surface area contributed by atoms with E-state index in [4.69, 9.17) is 27.9 Å². The number of anilines is 1. The number of piperidine rings is 1. The largest absolute Gasteiger partial charge is 0.381 e. The van der Waals surface area contributed by atoms with Crippen LogP contribution in [0.15, 0.2) is 23.3 Å². The number of amidine groups is 1. The maximum Gasteiger partial charge on any atom is 0.239 e. The zero-order valence-electron chi connectivity index (χ0n) is 14.2. The Balaban J connectivity index is 1.51. The van der Waals surface area contributed by atoms with E-state index in [2.05, 4.69) is 15.3 Å². The van der Waals surface area contributed by atoms with Crippen molar-refractivity contribution in [1.82, 2.24) is 10.2 Å². The number of carbonyl (C=O) groups is 1. The number of nitrogens with one attached hydrogen (secondary N) is 1. The van der Waals surface area contributed by atoms with E-state index in [9.17, 15) is 4.79 Å². The van der Waals surface area contributed by atoms with E-state index in [-0.39, 0.29) is 5.91 Å². The molecule has 0 aliphatic carbocycles. The summed E-state index contributed by atoms with van der Waals surface area (Å²) < 4.78 is 5.35. The van der Waals surface area contributed by atoms with Crippen LogP contribution in [-0.2, 0) is 9.53 Å². The van der Waals surface area contributed by atoms with Crippen molar-refractivity contribution in [2.24, 2.45) is 5.10 Å². The molecule has 0 atom stereocenters. The van der Waals surface area contributed by atoms with Crippen molar-refractivity contribution in [2.75, 3.05) is 38.3 Å². The Labute approximate surface area is 157 Å². The highest BCUT2D eigenvalue weighted by atomic mass is 35.5. The number of hydrogen-bond donors (Lipinski definition) is 1. The highest BCUT2D eigenvalue weighted by Crippen LogP contribution is 2.28. The monoisotopic (exact) mass is 384 g/mol. The number of ether oxygens (including phenoxy) is 1. The standard InChI is InChI=1S/C17H22Cl2N4O2/c1-25-13-4-7-22(8-5-13)11-17(24)20-16-6-9-23(21-16)12-2-3-14(18)15(19)10-12/h2-3,10,13H,4-9,11H2,1H3,(H,20,21,24). The zero-order valence-corrected chi connectivity index (χ0v) is 15.7. The molecule has 8 heteroatoms. The van der Waals surface area contributed by atoms with Gasteiger partial charge in [-0.05, 0) is 31.0 Å². The number of amides is 1. The Morgan fingerprint density at radius 2 is 2.04 bits per heavy atom. The third-order valence-corrected chi connectivity index (χ3v) is 5.26. The van der Waals surface area contributed by atoms with Gasteiger partial charge in [0.15, 0.2) is 0 Å². The van der Waals surface area contributed by atoms with Crippen LogP contribution in [0.3, 0.4) is 0 Å². The summed E-state index contributed by atoms with van der Waals surface area (Å²) in [5.41, 5.74) is 0.861. The van der Waals surface area contributed by atoms with Crippen LogP contribution in [0.25, 0.3) is 0 Å². The van der Waals surface area contributed by atoms with Crippen LogP contribution < -0.4 is 10.3 Å². The summed E-state index contributed by atoms with van der Waals surface area (Å²) in [5.74, 6) is 0.661. The van der Waals surface area contributed by atoms with Gasteiger partial charge in [-0.15, -0.1) is 0 Å². The topological polar surface area (TPSA) is 57.2 Å². The maximum atomic E-state index is 12.2. The molecule has 25 heavy (non-hydrogen) atoms. The minimum Gasteiger partial charge on any atom is -0.381 e. The van der Waals surface area contributed by atoms with Crippen LogP contribution in [0.4, 0.5) is 5.69 Å².